The van der Waals surface area contributed by atoms with E-state index in [1.807, 2.05) is 55.5 Å². The molecule has 0 saturated heterocycles. The molecule has 5 rings (SSSR count). The molecule has 0 radical (unpaired) electrons. The lowest BCUT2D eigenvalue weighted by molar-refractivity contribution is 0.0950. The van der Waals surface area contributed by atoms with Crippen LogP contribution < -0.4 is 11.1 Å². The van der Waals surface area contributed by atoms with Crippen molar-refractivity contribution in [1.82, 2.24) is 25.1 Å². The third-order valence-electron chi connectivity index (χ3n) is 5.91. The van der Waals surface area contributed by atoms with Gasteiger partial charge in [-0.3, -0.25) is 4.79 Å². The highest BCUT2D eigenvalue weighted by Gasteiger charge is 2.25. The highest BCUT2D eigenvalue weighted by atomic mass is 19.1. The van der Waals surface area contributed by atoms with E-state index in [2.05, 4.69) is 15.3 Å². The van der Waals surface area contributed by atoms with Crippen molar-refractivity contribution >= 4 is 22.8 Å². The summed E-state index contributed by atoms with van der Waals surface area (Å²) in [6.45, 7) is 2.32. The van der Waals surface area contributed by atoms with Crippen LogP contribution in [0, 0.1) is 6.92 Å². The first-order valence-electron chi connectivity index (χ1n) is 10.8. The van der Waals surface area contributed by atoms with Gasteiger partial charge in [-0.25, -0.2) is 19.0 Å². The number of fused-ring (bicyclic) bond motifs is 1. The van der Waals surface area contributed by atoms with Crippen LogP contribution in [0.1, 0.15) is 33.9 Å². The van der Waals surface area contributed by atoms with Gasteiger partial charge in [0.1, 0.15) is 24.0 Å². The number of alkyl halides is 1. The molecule has 33 heavy (non-hydrogen) atoms. The molecule has 4 aromatic rings. The average molecular weight is 442 g/mol. The van der Waals surface area contributed by atoms with Crippen LogP contribution in [0.5, 0.6) is 0 Å². The van der Waals surface area contributed by atoms with E-state index in [1.165, 1.54) is 6.33 Å². The molecule has 7 nitrogen and oxygen atoms in total. The third-order valence-corrected chi connectivity index (χ3v) is 5.91. The number of nitrogens with zero attached hydrogens (tertiary/aromatic N) is 4. The Hall–Kier alpha value is -4.07. The number of nitrogens with two attached hydrogens (primary N) is 1. The summed E-state index contributed by atoms with van der Waals surface area (Å²) in [5.74, 6) is 0.220. The van der Waals surface area contributed by atoms with Crippen molar-refractivity contribution in [1.29, 1.82) is 0 Å². The first-order chi connectivity index (χ1) is 16.0. The van der Waals surface area contributed by atoms with E-state index >= 15 is 0 Å². The zero-order valence-corrected chi connectivity index (χ0v) is 18.1. The number of aromatic nitrogens is 4. The minimum absolute atomic E-state index is 0.109. The van der Waals surface area contributed by atoms with Crippen molar-refractivity contribution in [3.63, 3.8) is 0 Å². The van der Waals surface area contributed by atoms with Gasteiger partial charge in [-0.2, -0.15) is 5.10 Å². The summed E-state index contributed by atoms with van der Waals surface area (Å²) in [5.41, 5.74) is 10.8. The molecular weight excluding hydrogens is 419 g/mol. The molecule has 8 heteroatoms. The minimum atomic E-state index is -0.994. The summed E-state index contributed by atoms with van der Waals surface area (Å²) in [4.78, 5) is 21.0. The van der Waals surface area contributed by atoms with Crippen LogP contribution >= 0.6 is 0 Å². The fourth-order valence-electron chi connectivity index (χ4n) is 4.13. The van der Waals surface area contributed by atoms with Gasteiger partial charge in [0.05, 0.1) is 11.4 Å². The van der Waals surface area contributed by atoms with E-state index in [-0.39, 0.29) is 11.9 Å². The van der Waals surface area contributed by atoms with Gasteiger partial charge in [0.2, 0.25) is 0 Å². The second-order valence-corrected chi connectivity index (χ2v) is 8.15. The summed E-state index contributed by atoms with van der Waals surface area (Å²) in [6.07, 6.45) is 4.07. The monoisotopic (exact) mass is 442 g/mol. The zero-order valence-electron chi connectivity index (χ0n) is 18.1. The van der Waals surface area contributed by atoms with Gasteiger partial charge in [-0.05, 0) is 24.1 Å². The normalized spacial score (nSPS) is 17.5. The van der Waals surface area contributed by atoms with Crippen LogP contribution in [0.25, 0.3) is 22.3 Å². The fourth-order valence-corrected chi connectivity index (χ4v) is 4.13. The number of nitrogen functional groups attached to an aromatic ring is 1. The zero-order chi connectivity index (χ0) is 22.9. The Balaban J connectivity index is 1.40. The highest BCUT2D eigenvalue weighted by molar-refractivity contribution is 5.98. The SMILES string of the molecule is Cc1ccccc1C(=O)NCc1ccc(-c2nn(C3C=CC(F)C3)c3ncnc(N)c23)cc1. The molecule has 1 amide bonds. The van der Waals surface area contributed by atoms with E-state index in [0.717, 1.165) is 16.7 Å². The Bertz CT molecular complexity index is 1360. The predicted molar refractivity (Wildman–Crippen MR) is 125 cm³/mol. The Morgan fingerprint density at radius 1 is 1.15 bits per heavy atom. The number of hydrogen-bond donors (Lipinski definition) is 2. The van der Waals surface area contributed by atoms with Gasteiger partial charge >= 0.3 is 0 Å². The standard InChI is InChI=1S/C25H23FN6O/c1-15-4-2-3-5-20(15)25(33)28-13-16-6-8-17(9-7-16)22-21-23(27)29-14-30-24(21)32(31-22)19-11-10-18(26)12-19/h2-11,14,18-19H,12-13H2,1H3,(H,28,33)(H2,27,29,30). The number of aryl methyl sites for hydroxylation is 1. The summed E-state index contributed by atoms with van der Waals surface area (Å²) in [5, 5.41) is 8.34. The number of rotatable bonds is 5. The van der Waals surface area contributed by atoms with Crippen molar-refractivity contribution in [3.05, 3.63) is 83.7 Å². The number of carbonyl (C=O) groups excluding carboxylic acids is 1. The summed E-state index contributed by atoms with van der Waals surface area (Å²) in [7, 11) is 0. The van der Waals surface area contributed by atoms with Crippen LogP contribution in [0.15, 0.2) is 67.0 Å². The first-order valence-corrected chi connectivity index (χ1v) is 10.8. The molecule has 2 heterocycles. The first kappa shape index (κ1) is 20.8. The summed E-state index contributed by atoms with van der Waals surface area (Å²) < 4.78 is 15.5. The molecule has 3 N–H and O–H groups in total. The van der Waals surface area contributed by atoms with Gasteiger partial charge in [0.15, 0.2) is 5.65 Å². The highest BCUT2D eigenvalue weighted by Crippen LogP contribution is 2.34. The molecular formula is C25H23FN6O. The maximum atomic E-state index is 13.8. The number of amides is 1. The van der Waals surface area contributed by atoms with Crippen LogP contribution in [0.4, 0.5) is 10.2 Å². The minimum Gasteiger partial charge on any atom is -0.383 e. The number of nitrogens with one attached hydrogen (secondary N) is 1. The second-order valence-electron chi connectivity index (χ2n) is 8.15. The Morgan fingerprint density at radius 2 is 1.94 bits per heavy atom. The Kier molecular flexibility index (Phi) is 5.34. The quantitative estimate of drug-likeness (QED) is 0.453. The number of allylic oxidation sites excluding steroid dienone is 2. The van der Waals surface area contributed by atoms with Gasteiger partial charge in [-0.15, -0.1) is 0 Å². The number of carbonyl (C=O) groups is 1. The van der Waals surface area contributed by atoms with Gasteiger partial charge in [-0.1, -0.05) is 54.6 Å². The van der Waals surface area contributed by atoms with Gasteiger partial charge in [0.25, 0.3) is 5.91 Å². The van der Waals surface area contributed by atoms with Crippen LogP contribution in [-0.4, -0.2) is 31.8 Å². The molecule has 0 fully saturated rings. The van der Waals surface area contributed by atoms with Crippen molar-refractivity contribution in [2.75, 3.05) is 5.73 Å². The van der Waals surface area contributed by atoms with Crippen molar-refractivity contribution in [3.8, 4) is 11.3 Å². The molecule has 2 unspecified atom stereocenters. The lowest BCUT2D eigenvalue weighted by Gasteiger charge is -2.09. The topological polar surface area (TPSA) is 98.7 Å². The summed E-state index contributed by atoms with van der Waals surface area (Å²) in [6, 6.07) is 15.0. The Labute approximate surface area is 190 Å². The smallest absolute Gasteiger partial charge is 0.251 e. The maximum Gasteiger partial charge on any atom is 0.251 e. The van der Waals surface area contributed by atoms with E-state index in [1.54, 1.807) is 16.8 Å². The third kappa shape index (κ3) is 3.95. The van der Waals surface area contributed by atoms with E-state index in [0.29, 0.717) is 41.1 Å². The molecule has 1 aliphatic rings. The molecule has 166 valence electrons. The largest absolute Gasteiger partial charge is 0.383 e. The van der Waals surface area contributed by atoms with Crippen LogP contribution in [0.2, 0.25) is 0 Å². The second kappa shape index (κ2) is 8.46. The van der Waals surface area contributed by atoms with Gasteiger partial charge in [0, 0.05) is 24.1 Å². The van der Waals surface area contributed by atoms with E-state index < -0.39 is 6.17 Å². The van der Waals surface area contributed by atoms with Crippen molar-refractivity contribution < 1.29 is 9.18 Å². The number of hydrogen-bond acceptors (Lipinski definition) is 5. The van der Waals surface area contributed by atoms with E-state index in [4.69, 9.17) is 10.8 Å². The number of halogens is 1. The fraction of sp³-hybridized carbons (Fsp3) is 0.200. The molecule has 0 saturated carbocycles. The maximum absolute atomic E-state index is 13.8. The number of benzene rings is 2. The summed E-state index contributed by atoms with van der Waals surface area (Å²) >= 11 is 0. The lowest BCUT2D eigenvalue weighted by Crippen LogP contribution is -2.23. The van der Waals surface area contributed by atoms with Gasteiger partial charge < -0.3 is 11.1 Å². The molecule has 0 aliphatic heterocycles. The van der Waals surface area contributed by atoms with E-state index in [9.17, 15) is 9.18 Å². The van der Waals surface area contributed by atoms with Crippen molar-refractivity contribution in [2.24, 2.45) is 0 Å². The average Bonchev–Trinajstić information content (AvgIpc) is 3.42. The van der Waals surface area contributed by atoms with Crippen LogP contribution in [0.3, 0.4) is 0 Å². The Morgan fingerprint density at radius 3 is 2.67 bits per heavy atom. The number of anilines is 1. The van der Waals surface area contributed by atoms with Crippen molar-refractivity contribution in [2.45, 2.75) is 32.1 Å². The molecule has 1 aliphatic carbocycles. The molecule has 2 aromatic heterocycles. The predicted octanol–water partition coefficient (Wildman–Crippen LogP) is 4.15. The van der Waals surface area contributed by atoms with Crippen LogP contribution in [-0.2, 0) is 6.54 Å². The molecule has 0 bridgehead atoms. The molecule has 2 aromatic carbocycles. The molecule has 0 spiro atoms. The lowest BCUT2D eigenvalue weighted by atomic mass is 10.1. The molecule has 2 atom stereocenters.